The lowest BCUT2D eigenvalue weighted by Crippen LogP contribution is -2.48. The van der Waals surface area contributed by atoms with Crippen molar-refractivity contribution in [3.8, 4) is 0 Å². The predicted octanol–water partition coefficient (Wildman–Crippen LogP) is 2.17. The molecule has 3 fully saturated rings. The summed E-state index contributed by atoms with van der Waals surface area (Å²) in [6.45, 7) is 8.68. The number of ether oxygens (including phenoxy) is 1. The van der Waals surface area contributed by atoms with Crippen LogP contribution in [0.1, 0.15) is 39.0 Å². The number of nitrogens with zero attached hydrogens (tertiary/aromatic N) is 3. The number of nitrogens with one attached hydrogen (secondary N) is 1. The van der Waals surface area contributed by atoms with Gasteiger partial charge in [0.2, 0.25) is 0 Å². The standard InChI is InChI=1S/C17H32N4O.HI/c1-3-22-16-7-10-20(11-8-16)17(18-2)19-12-14-6-9-21(13-14)15-4-5-15;/h14-16H,3-13H2,1-2H3,(H,18,19);1H. The van der Waals surface area contributed by atoms with Crippen molar-refractivity contribution in [1.82, 2.24) is 15.1 Å². The van der Waals surface area contributed by atoms with E-state index in [4.69, 9.17) is 4.74 Å². The molecule has 0 aromatic carbocycles. The number of hydrogen-bond donors (Lipinski definition) is 1. The van der Waals surface area contributed by atoms with Gasteiger partial charge in [0.25, 0.3) is 0 Å². The van der Waals surface area contributed by atoms with Crippen LogP contribution in [-0.4, -0.2) is 74.3 Å². The molecular formula is C17H33IN4O. The zero-order valence-electron chi connectivity index (χ0n) is 14.7. The average molecular weight is 436 g/mol. The monoisotopic (exact) mass is 436 g/mol. The highest BCUT2D eigenvalue weighted by Gasteiger charge is 2.34. The largest absolute Gasteiger partial charge is 0.378 e. The van der Waals surface area contributed by atoms with E-state index in [9.17, 15) is 0 Å². The predicted molar refractivity (Wildman–Crippen MR) is 106 cm³/mol. The van der Waals surface area contributed by atoms with Gasteiger partial charge in [0, 0.05) is 45.9 Å². The van der Waals surface area contributed by atoms with Crippen molar-refractivity contribution in [3.63, 3.8) is 0 Å². The Morgan fingerprint density at radius 1 is 1.13 bits per heavy atom. The summed E-state index contributed by atoms with van der Waals surface area (Å²) in [5.74, 6) is 1.87. The summed E-state index contributed by atoms with van der Waals surface area (Å²) in [5.41, 5.74) is 0. The third-order valence-electron chi connectivity index (χ3n) is 5.29. The van der Waals surface area contributed by atoms with E-state index in [-0.39, 0.29) is 24.0 Å². The van der Waals surface area contributed by atoms with E-state index in [1.807, 2.05) is 7.05 Å². The first-order valence-electron chi connectivity index (χ1n) is 9.11. The van der Waals surface area contributed by atoms with Crippen molar-refractivity contribution in [2.75, 3.05) is 46.4 Å². The van der Waals surface area contributed by atoms with Crippen LogP contribution in [0.3, 0.4) is 0 Å². The smallest absolute Gasteiger partial charge is 0.193 e. The molecule has 3 rings (SSSR count). The number of halogens is 1. The number of guanidine groups is 1. The molecular weight excluding hydrogens is 403 g/mol. The number of likely N-dealkylation sites (tertiary alicyclic amines) is 2. The lowest BCUT2D eigenvalue weighted by Gasteiger charge is -2.34. The molecule has 2 heterocycles. The minimum atomic E-state index is 0. The zero-order valence-corrected chi connectivity index (χ0v) is 17.0. The quantitative estimate of drug-likeness (QED) is 0.408. The van der Waals surface area contributed by atoms with Crippen LogP contribution < -0.4 is 5.32 Å². The van der Waals surface area contributed by atoms with Gasteiger partial charge in [-0.1, -0.05) is 0 Å². The summed E-state index contributed by atoms with van der Waals surface area (Å²) in [6, 6.07) is 0.918. The molecule has 3 aliphatic rings. The van der Waals surface area contributed by atoms with Crippen molar-refractivity contribution < 1.29 is 4.74 Å². The van der Waals surface area contributed by atoms with Gasteiger partial charge in [-0.25, -0.2) is 0 Å². The van der Waals surface area contributed by atoms with Crippen molar-refractivity contribution in [3.05, 3.63) is 0 Å². The second kappa shape index (κ2) is 9.42. The van der Waals surface area contributed by atoms with Gasteiger partial charge < -0.3 is 19.9 Å². The van der Waals surface area contributed by atoms with Gasteiger partial charge >= 0.3 is 0 Å². The van der Waals surface area contributed by atoms with Crippen LogP contribution in [0.15, 0.2) is 4.99 Å². The first-order valence-corrected chi connectivity index (χ1v) is 9.11. The Kier molecular flexibility index (Phi) is 7.88. The average Bonchev–Trinajstić information content (AvgIpc) is 3.29. The molecule has 134 valence electrons. The van der Waals surface area contributed by atoms with Gasteiger partial charge in [0.15, 0.2) is 5.96 Å². The lowest BCUT2D eigenvalue weighted by atomic mass is 10.1. The fourth-order valence-corrected chi connectivity index (χ4v) is 3.84. The van der Waals surface area contributed by atoms with Crippen LogP contribution in [0.25, 0.3) is 0 Å². The third kappa shape index (κ3) is 5.46. The maximum atomic E-state index is 5.73. The summed E-state index contributed by atoms with van der Waals surface area (Å²) in [4.78, 5) is 9.56. The Labute approximate surface area is 158 Å². The first kappa shape index (κ1) is 19.2. The maximum Gasteiger partial charge on any atom is 0.193 e. The Bertz CT molecular complexity index is 381. The highest BCUT2D eigenvalue weighted by molar-refractivity contribution is 14.0. The molecule has 1 unspecified atom stereocenters. The summed E-state index contributed by atoms with van der Waals surface area (Å²) in [6.07, 6.45) is 6.88. The molecule has 1 N–H and O–H groups in total. The minimum Gasteiger partial charge on any atom is -0.378 e. The SMILES string of the molecule is CCOC1CCN(C(=NC)NCC2CCN(C3CC3)C2)CC1.I. The molecule has 1 saturated carbocycles. The molecule has 0 aromatic heterocycles. The number of aliphatic imine (C=N–C) groups is 1. The molecule has 2 aliphatic heterocycles. The van der Waals surface area contributed by atoms with E-state index < -0.39 is 0 Å². The minimum absolute atomic E-state index is 0. The van der Waals surface area contributed by atoms with Crippen LogP contribution in [-0.2, 0) is 4.74 Å². The van der Waals surface area contributed by atoms with E-state index in [1.165, 1.54) is 32.4 Å². The topological polar surface area (TPSA) is 40.1 Å². The molecule has 0 spiro atoms. The molecule has 0 amide bonds. The fraction of sp³-hybridized carbons (Fsp3) is 0.941. The van der Waals surface area contributed by atoms with Crippen LogP contribution in [0.2, 0.25) is 0 Å². The van der Waals surface area contributed by atoms with Crippen molar-refractivity contribution in [2.24, 2.45) is 10.9 Å². The highest BCUT2D eigenvalue weighted by Crippen LogP contribution is 2.31. The van der Waals surface area contributed by atoms with E-state index in [2.05, 4.69) is 27.0 Å². The number of hydrogen-bond acceptors (Lipinski definition) is 3. The molecule has 2 saturated heterocycles. The fourth-order valence-electron chi connectivity index (χ4n) is 3.84. The highest BCUT2D eigenvalue weighted by atomic mass is 127. The molecule has 23 heavy (non-hydrogen) atoms. The summed E-state index contributed by atoms with van der Waals surface area (Å²) in [5, 5.41) is 3.62. The van der Waals surface area contributed by atoms with Crippen molar-refractivity contribution >= 4 is 29.9 Å². The molecule has 6 heteroatoms. The second-order valence-corrected chi connectivity index (χ2v) is 6.95. The second-order valence-electron chi connectivity index (χ2n) is 6.95. The van der Waals surface area contributed by atoms with E-state index in [0.717, 1.165) is 57.0 Å². The Morgan fingerprint density at radius 3 is 2.48 bits per heavy atom. The third-order valence-corrected chi connectivity index (χ3v) is 5.29. The van der Waals surface area contributed by atoms with Crippen LogP contribution >= 0.6 is 24.0 Å². The van der Waals surface area contributed by atoms with Gasteiger partial charge in [-0.3, -0.25) is 4.99 Å². The zero-order chi connectivity index (χ0) is 15.4. The van der Waals surface area contributed by atoms with Gasteiger partial charge in [-0.2, -0.15) is 0 Å². The summed E-state index contributed by atoms with van der Waals surface area (Å²) < 4.78 is 5.73. The van der Waals surface area contributed by atoms with Gasteiger partial charge in [0.1, 0.15) is 0 Å². The van der Waals surface area contributed by atoms with Gasteiger partial charge in [0.05, 0.1) is 6.10 Å². The Morgan fingerprint density at radius 2 is 1.87 bits per heavy atom. The van der Waals surface area contributed by atoms with Crippen LogP contribution in [0.5, 0.6) is 0 Å². The van der Waals surface area contributed by atoms with E-state index >= 15 is 0 Å². The van der Waals surface area contributed by atoms with Gasteiger partial charge in [-0.15, -0.1) is 24.0 Å². The van der Waals surface area contributed by atoms with Gasteiger partial charge in [-0.05, 0) is 51.5 Å². The Hall–Kier alpha value is -0.0800. The maximum absolute atomic E-state index is 5.73. The number of rotatable bonds is 5. The van der Waals surface area contributed by atoms with E-state index in [0.29, 0.717) is 6.10 Å². The van der Waals surface area contributed by atoms with Crippen LogP contribution in [0.4, 0.5) is 0 Å². The summed E-state index contributed by atoms with van der Waals surface area (Å²) >= 11 is 0. The molecule has 1 atom stereocenters. The normalized spacial score (nSPS) is 27.1. The molecule has 0 bridgehead atoms. The Balaban J connectivity index is 0.00000192. The van der Waals surface area contributed by atoms with Crippen molar-refractivity contribution in [2.45, 2.75) is 51.2 Å². The summed E-state index contributed by atoms with van der Waals surface area (Å²) in [7, 11) is 1.90. The van der Waals surface area contributed by atoms with Crippen molar-refractivity contribution in [1.29, 1.82) is 0 Å². The molecule has 0 radical (unpaired) electrons. The molecule has 0 aromatic rings. The lowest BCUT2D eigenvalue weighted by molar-refractivity contribution is 0.0263. The first-order chi connectivity index (χ1) is 10.8. The number of piperidine rings is 1. The van der Waals surface area contributed by atoms with E-state index in [1.54, 1.807) is 0 Å². The molecule has 1 aliphatic carbocycles. The van der Waals surface area contributed by atoms with Crippen LogP contribution in [0, 0.1) is 5.92 Å². The molecule has 5 nitrogen and oxygen atoms in total.